The molecule has 23 heavy (non-hydrogen) atoms. The fourth-order valence-corrected chi connectivity index (χ4v) is 2.19. The Morgan fingerprint density at radius 3 is 2.57 bits per heavy atom. The monoisotopic (exact) mass is 332 g/mol. The Balaban J connectivity index is 2.15. The molecule has 2 aromatic rings. The fourth-order valence-electron chi connectivity index (χ4n) is 2.06. The maximum atomic E-state index is 12.6. The van der Waals surface area contributed by atoms with Crippen LogP contribution in [0.2, 0.25) is 5.02 Å². The number of methoxy groups -OCH3 is 1. The zero-order valence-electron chi connectivity index (χ0n) is 12.7. The van der Waals surface area contributed by atoms with E-state index in [1.807, 2.05) is 12.1 Å². The average Bonchev–Trinajstić information content (AvgIpc) is 2.60. The molecule has 0 bridgehead atoms. The van der Waals surface area contributed by atoms with Crippen molar-refractivity contribution in [2.24, 2.45) is 0 Å². The Morgan fingerprint density at radius 1 is 1.22 bits per heavy atom. The number of carbonyl (C=O) groups is 2. The van der Waals surface area contributed by atoms with Crippen LogP contribution < -0.4 is 0 Å². The van der Waals surface area contributed by atoms with Gasteiger partial charge in [0, 0.05) is 30.5 Å². The van der Waals surface area contributed by atoms with Crippen molar-refractivity contribution in [3.05, 3.63) is 64.9 Å². The quantitative estimate of drug-likeness (QED) is 0.763. The molecule has 0 aliphatic carbocycles. The predicted molar refractivity (Wildman–Crippen MR) is 87.1 cm³/mol. The second-order valence-electron chi connectivity index (χ2n) is 4.92. The molecule has 6 heteroatoms. The van der Waals surface area contributed by atoms with Crippen molar-refractivity contribution in [3.63, 3.8) is 0 Å². The molecule has 120 valence electrons. The molecule has 0 fully saturated rings. The second kappa shape index (κ2) is 8.29. The summed E-state index contributed by atoms with van der Waals surface area (Å²) in [6, 6.07) is 10.6. The number of amides is 1. The van der Waals surface area contributed by atoms with Gasteiger partial charge in [0.25, 0.3) is 5.91 Å². The molecule has 0 aliphatic rings. The highest BCUT2D eigenvalue weighted by Gasteiger charge is 2.17. The minimum Gasteiger partial charge on any atom is -0.469 e. The topological polar surface area (TPSA) is 59.5 Å². The molecule has 0 spiro atoms. The van der Waals surface area contributed by atoms with Crippen LogP contribution in [0.25, 0.3) is 0 Å². The van der Waals surface area contributed by atoms with Crippen LogP contribution in [0.4, 0.5) is 0 Å². The number of nitrogens with zero attached hydrogens (tertiary/aromatic N) is 2. The van der Waals surface area contributed by atoms with Crippen LogP contribution in [0, 0.1) is 0 Å². The third-order valence-corrected chi connectivity index (χ3v) is 3.55. The smallest absolute Gasteiger partial charge is 0.307 e. The number of aromatic nitrogens is 1. The molecule has 0 atom stereocenters. The van der Waals surface area contributed by atoms with E-state index in [4.69, 9.17) is 11.6 Å². The molecule has 0 aliphatic heterocycles. The molecule has 0 saturated carbocycles. The van der Waals surface area contributed by atoms with E-state index in [-0.39, 0.29) is 24.8 Å². The van der Waals surface area contributed by atoms with Gasteiger partial charge in [-0.1, -0.05) is 23.7 Å². The summed E-state index contributed by atoms with van der Waals surface area (Å²) in [5.41, 5.74) is 1.41. The number of esters is 1. The zero-order chi connectivity index (χ0) is 16.7. The molecular formula is C17H17ClN2O3. The van der Waals surface area contributed by atoms with E-state index in [1.165, 1.54) is 13.3 Å². The number of rotatable bonds is 6. The largest absolute Gasteiger partial charge is 0.469 e. The van der Waals surface area contributed by atoms with Crippen molar-refractivity contribution in [2.45, 2.75) is 13.0 Å². The minimum absolute atomic E-state index is 0.135. The highest BCUT2D eigenvalue weighted by atomic mass is 35.5. The van der Waals surface area contributed by atoms with Gasteiger partial charge in [0.15, 0.2) is 0 Å². The first-order valence-electron chi connectivity index (χ1n) is 7.10. The summed E-state index contributed by atoms with van der Waals surface area (Å²) < 4.78 is 4.65. The first-order chi connectivity index (χ1) is 11.1. The molecule has 2 rings (SSSR count). The van der Waals surface area contributed by atoms with Crippen LogP contribution in [-0.4, -0.2) is 35.4 Å². The summed E-state index contributed by atoms with van der Waals surface area (Å²) in [5, 5.41) is 0.633. The van der Waals surface area contributed by atoms with E-state index in [1.54, 1.807) is 35.4 Å². The van der Waals surface area contributed by atoms with Gasteiger partial charge < -0.3 is 9.64 Å². The van der Waals surface area contributed by atoms with E-state index in [0.717, 1.165) is 5.56 Å². The third-order valence-electron chi connectivity index (χ3n) is 3.30. The van der Waals surface area contributed by atoms with Gasteiger partial charge in [-0.2, -0.15) is 0 Å². The maximum Gasteiger partial charge on any atom is 0.307 e. The fraction of sp³-hybridized carbons (Fsp3) is 0.235. The standard InChI is InChI=1S/C17H17ClN2O3/c1-23-16(21)8-10-20(12-13-4-6-15(18)7-5-13)17(22)14-3-2-9-19-11-14/h2-7,9,11H,8,10,12H2,1H3. The van der Waals surface area contributed by atoms with Crippen LogP contribution in [0.5, 0.6) is 0 Å². The predicted octanol–water partition coefficient (Wildman–Crippen LogP) is 2.94. The Bertz CT molecular complexity index is 659. The van der Waals surface area contributed by atoms with Crippen molar-refractivity contribution < 1.29 is 14.3 Å². The van der Waals surface area contributed by atoms with Gasteiger partial charge in [0.2, 0.25) is 0 Å². The van der Waals surface area contributed by atoms with Gasteiger partial charge in [-0.05, 0) is 29.8 Å². The third kappa shape index (κ3) is 5.07. The number of halogens is 1. The Hall–Kier alpha value is -2.40. The molecular weight excluding hydrogens is 316 g/mol. The van der Waals surface area contributed by atoms with Gasteiger partial charge in [0.1, 0.15) is 0 Å². The van der Waals surface area contributed by atoms with E-state index in [0.29, 0.717) is 17.1 Å². The highest BCUT2D eigenvalue weighted by molar-refractivity contribution is 6.30. The number of benzene rings is 1. The van der Waals surface area contributed by atoms with Crippen molar-refractivity contribution >= 4 is 23.5 Å². The van der Waals surface area contributed by atoms with Crippen LogP contribution in [0.1, 0.15) is 22.3 Å². The number of pyridine rings is 1. The minimum atomic E-state index is -0.356. The van der Waals surface area contributed by atoms with Gasteiger partial charge in [-0.15, -0.1) is 0 Å². The van der Waals surface area contributed by atoms with Crippen LogP contribution in [-0.2, 0) is 16.1 Å². The summed E-state index contributed by atoms with van der Waals surface area (Å²) in [7, 11) is 1.33. The van der Waals surface area contributed by atoms with Gasteiger partial charge in [-0.25, -0.2) is 0 Å². The first-order valence-corrected chi connectivity index (χ1v) is 7.48. The van der Waals surface area contributed by atoms with Gasteiger partial charge >= 0.3 is 5.97 Å². The highest BCUT2D eigenvalue weighted by Crippen LogP contribution is 2.14. The Morgan fingerprint density at radius 2 is 1.96 bits per heavy atom. The van der Waals surface area contributed by atoms with E-state index >= 15 is 0 Å². The lowest BCUT2D eigenvalue weighted by molar-refractivity contribution is -0.140. The van der Waals surface area contributed by atoms with Crippen molar-refractivity contribution in [3.8, 4) is 0 Å². The normalized spacial score (nSPS) is 10.2. The summed E-state index contributed by atoms with van der Waals surface area (Å²) in [6.07, 6.45) is 3.25. The molecule has 1 heterocycles. The lowest BCUT2D eigenvalue weighted by Gasteiger charge is -2.22. The van der Waals surface area contributed by atoms with E-state index in [9.17, 15) is 9.59 Å². The average molecular weight is 333 g/mol. The molecule has 0 unspecified atom stereocenters. The zero-order valence-corrected chi connectivity index (χ0v) is 13.5. The van der Waals surface area contributed by atoms with E-state index in [2.05, 4.69) is 9.72 Å². The number of hydrogen-bond donors (Lipinski definition) is 0. The van der Waals surface area contributed by atoms with Crippen molar-refractivity contribution in [2.75, 3.05) is 13.7 Å². The summed E-state index contributed by atoms with van der Waals surface area (Å²) in [5.74, 6) is -0.540. The lowest BCUT2D eigenvalue weighted by Crippen LogP contribution is -2.32. The van der Waals surface area contributed by atoms with Gasteiger partial charge in [0.05, 0.1) is 19.1 Å². The summed E-state index contributed by atoms with van der Waals surface area (Å²) >= 11 is 5.88. The molecule has 0 radical (unpaired) electrons. The number of hydrogen-bond acceptors (Lipinski definition) is 4. The lowest BCUT2D eigenvalue weighted by atomic mass is 10.1. The van der Waals surface area contributed by atoms with Crippen LogP contribution in [0.15, 0.2) is 48.8 Å². The van der Waals surface area contributed by atoms with Crippen LogP contribution in [0.3, 0.4) is 0 Å². The molecule has 5 nitrogen and oxygen atoms in total. The van der Waals surface area contributed by atoms with Gasteiger partial charge in [-0.3, -0.25) is 14.6 Å². The number of carbonyl (C=O) groups excluding carboxylic acids is 2. The SMILES string of the molecule is COC(=O)CCN(Cc1ccc(Cl)cc1)C(=O)c1cccnc1. The number of ether oxygens (including phenoxy) is 1. The molecule has 1 aromatic heterocycles. The van der Waals surface area contributed by atoms with Crippen molar-refractivity contribution in [1.82, 2.24) is 9.88 Å². The summed E-state index contributed by atoms with van der Waals surface area (Å²) in [4.78, 5) is 29.6. The molecule has 1 amide bonds. The molecule has 1 aromatic carbocycles. The summed E-state index contributed by atoms with van der Waals surface area (Å²) in [6.45, 7) is 0.644. The first kappa shape index (κ1) is 17.0. The van der Waals surface area contributed by atoms with Crippen molar-refractivity contribution in [1.29, 1.82) is 0 Å². The Labute approximate surface area is 139 Å². The molecule has 0 N–H and O–H groups in total. The van der Waals surface area contributed by atoms with E-state index < -0.39 is 0 Å². The molecule has 0 saturated heterocycles. The Kier molecular flexibility index (Phi) is 6.11. The van der Waals surface area contributed by atoms with Crippen LogP contribution >= 0.6 is 11.6 Å². The second-order valence-corrected chi connectivity index (χ2v) is 5.36. The maximum absolute atomic E-state index is 12.6.